The fraction of sp³-hybridized carbons (Fsp3) is 0.833. The quantitative estimate of drug-likeness (QED) is 0.349. The number of aliphatic hydroxyl groups is 4. The van der Waals surface area contributed by atoms with Crippen LogP contribution in [-0.2, 0) is 14.4 Å². The highest BCUT2D eigenvalue weighted by molar-refractivity contribution is 6.00. The highest BCUT2D eigenvalue weighted by Gasteiger charge is 2.71. The number of ketones is 2. The van der Waals surface area contributed by atoms with Gasteiger partial charge in [-0.2, -0.15) is 0 Å². The summed E-state index contributed by atoms with van der Waals surface area (Å²) in [4.78, 5) is 38.1. The number of carboxylic acid groups (broad SMARTS) is 1. The molecule has 8 nitrogen and oxygen atoms in total. The molecule has 10 atom stereocenters. The Hall–Kier alpha value is -1.61. The van der Waals surface area contributed by atoms with Crippen LogP contribution in [0, 0.1) is 39.4 Å². The van der Waals surface area contributed by atoms with Crippen LogP contribution in [0.5, 0.6) is 0 Å². The molecule has 214 valence electrons. The maximum atomic E-state index is 14.1. The molecule has 2 fully saturated rings. The molecule has 0 bridgehead atoms. The molecule has 0 amide bonds. The van der Waals surface area contributed by atoms with Crippen molar-refractivity contribution in [1.82, 2.24) is 0 Å². The minimum absolute atomic E-state index is 0.0674. The predicted molar refractivity (Wildman–Crippen MR) is 140 cm³/mol. The Bertz CT molecular complexity index is 1070. The Kier molecular flexibility index (Phi) is 6.92. The van der Waals surface area contributed by atoms with E-state index in [0.717, 1.165) is 0 Å². The lowest BCUT2D eigenvalue weighted by Gasteiger charge is -2.62. The highest BCUT2D eigenvalue weighted by Crippen LogP contribution is 2.72. The Morgan fingerprint density at radius 2 is 1.66 bits per heavy atom. The lowest BCUT2D eigenvalue weighted by molar-refractivity contribution is -0.148. The predicted octanol–water partition coefficient (Wildman–Crippen LogP) is 3.04. The van der Waals surface area contributed by atoms with Gasteiger partial charge in [0.15, 0.2) is 5.78 Å². The maximum Gasteiger partial charge on any atom is 0.306 e. The van der Waals surface area contributed by atoms with Gasteiger partial charge in [-0.05, 0) is 66.3 Å². The molecule has 0 aliphatic heterocycles. The van der Waals surface area contributed by atoms with Crippen LogP contribution in [0.1, 0.15) is 93.4 Å². The monoisotopic (exact) mass is 534 g/mol. The molecule has 4 aliphatic rings. The summed E-state index contributed by atoms with van der Waals surface area (Å²) in [5, 5.41) is 54.9. The number of aliphatic hydroxyl groups excluding tert-OH is 3. The van der Waals surface area contributed by atoms with Crippen molar-refractivity contribution in [3.8, 4) is 0 Å². The number of rotatable bonds is 6. The smallest absolute Gasteiger partial charge is 0.306 e. The fourth-order valence-electron chi connectivity index (χ4n) is 9.43. The molecule has 0 spiro atoms. The summed E-state index contributed by atoms with van der Waals surface area (Å²) in [6.45, 7) is 12.8. The van der Waals surface area contributed by atoms with E-state index in [1.54, 1.807) is 6.92 Å². The summed E-state index contributed by atoms with van der Waals surface area (Å²) in [7, 11) is 0. The Labute approximate surface area is 225 Å². The van der Waals surface area contributed by atoms with Crippen LogP contribution in [0.3, 0.4) is 0 Å². The van der Waals surface area contributed by atoms with Gasteiger partial charge in [0, 0.05) is 30.3 Å². The molecule has 0 saturated heterocycles. The second kappa shape index (κ2) is 8.95. The van der Waals surface area contributed by atoms with E-state index >= 15 is 0 Å². The minimum atomic E-state index is -1.58. The molecule has 4 aliphatic carbocycles. The van der Waals surface area contributed by atoms with Crippen molar-refractivity contribution in [1.29, 1.82) is 0 Å². The first kappa shape index (κ1) is 29.4. The standard InChI is InChI=1S/C30H46O8/c1-15(25(36)37)10-16(31)13-29(6,38)20-12-22(35)30(7)24-17(32)11-19-26(2,3)21(34)8-9-27(19,4)23(24)18(33)14-28(20,30)5/h15,17,19-22,32,34-35,38H,8-14H2,1-7H3,(H,36,37)/t15-,17+,19+,20-,21+,22+,27+,28-,29?,30+/m1/s1. The maximum absolute atomic E-state index is 14.1. The molecule has 1 unspecified atom stereocenters. The van der Waals surface area contributed by atoms with Crippen LogP contribution in [0.25, 0.3) is 0 Å². The van der Waals surface area contributed by atoms with Crippen molar-refractivity contribution in [2.24, 2.45) is 39.4 Å². The molecule has 0 heterocycles. The molecule has 0 aromatic heterocycles. The third-order valence-corrected chi connectivity index (χ3v) is 11.8. The van der Waals surface area contributed by atoms with Crippen molar-refractivity contribution in [2.75, 3.05) is 0 Å². The Balaban J connectivity index is 1.78. The molecule has 5 N–H and O–H groups in total. The van der Waals surface area contributed by atoms with E-state index in [0.29, 0.717) is 30.4 Å². The van der Waals surface area contributed by atoms with Gasteiger partial charge in [-0.3, -0.25) is 14.4 Å². The third-order valence-electron chi connectivity index (χ3n) is 11.8. The zero-order chi connectivity index (χ0) is 28.8. The summed E-state index contributed by atoms with van der Waals surface area (Å²) >= 11 is 0. The summed E-state index contributed by atoms with van der Waals surface area (Å²) in [6, 6.07) is 0. The van der Waals surface area contributed by atoms with Gasteiger partial charge in [0.1, 0.15) is 5.78 Å². The van der Waals surface area contributed by atoms with E-state index in [1.165, 1.54) is 6.92 Å². The molecule has 38 heavy (non-hydrogen) atoms. The molecule has 0 aromatic rings. The first-order chi connectivity index (χ1) is 17.2. The Morgan fingerprint density at radius 3 is 2.24 bits per heavy atom. The molecule has 0 radical (unpaired) electrons. The SMILES string of the molecule is C[C@H](CC(=O)CC(C)(O)[C@@H]1C[C@H](O)[C@@]2(C)C3=C(C(=O)C[C@]12C)[C@@]1(C)CC[C@H](O)C(C)(C)[C@@H]1C[C@@H]3O)C(=O)O. The van der Waals surface area contributed by atoms with Gasteiger partial charge >= 0.3 is 5.97 Å². The van der Waals surface area contributed by atoms with Gasteiger partial charge in [-0.1, -0.05) is 41.5 Å². The number of carbonyl (C=O) groups excluding carboxylic acids is 2. The second-order valence-corrected chi connectivity index (χ2v) is 14.4. The minimum Gasteiger partial charge on any atom is -0.481 e. The number of Topliss-reactive ketones (excluding diaryl/α,β-unsaturated/α-hetero) is 2. The average molecular weight is 535 g/mol. The van der Waals surface area contributed by atoms with Crippen LogP contribution in [0.2, 0.25) is 0 Å². The van der Waals surface area contributed by atoms with Crippen LogP contribution < -0.4 is 0 Å². The van der Waals surface area contributed by atoms with Crippen LogP contribution >= 0.6 is 0 Å². The van der Waals surface area contributed by atoms with Crippen LogP contribution in [0.4, 0.5) is 0 Å². The average Bonchev–Trinajstić information content (AvgIpc) is 2.99. The van der Waals surface area contributed by atoms with Gasteiger partial charge in [0.2, 0.25) is 0 Å². The number of carboxylic acids is 1. The van der Waals surface area contributed by atoms with E-state index in [1.807, 2.05) is 27.7 Å². The van der Waals surface area contributed by atoms with Gasteiger partial charge < -0.3 is 25.5 Å². The van der Waals surface area contributed by atoms with E-state index in [-0.39, 0.29) is 43.2 Å². The number of carbonyl (C=O) groups is 3. The van der Waals surface area contributed by atoms with E-state index in [2.05, 4.69) is 6.92 Å². The van der Waals surface area contributed by atoms with Crippen molar-refractivity contribution < 1.29 is 39.9 Å². The number of fused-ring (bicyclic) bond motifs is 4. The zero-order valence-corrected chi connectivity index (χ0v) is 23.9. The molecule has 2 saturated carbocycles. The Morgan fingerprint density at radius 1 is 1.05 bits per heavy atom. The van der Waals surface area contributed by atoms with Crippen LogP contribution in [0.15, 0.2) is 11.1 Å². The van der Waals surface area contributed by atoms with Crippen molar-refractivity contribution in [2.45, 2.75) is 117 Å². The highest BCUT2D eigenvalue weighted by atomic mass is 16.4. The molecule has 0 aromatic carbocycles. The zero-order valence-electron chi connectivity index (χ0n) is 23.9. The normalized spacial score (nSPS) is 44.5. The van der Waals surface area contributed by atoms with Gasteiger partial charge in [0.05, 0.1) is 29.8 Å². The van der Waals surface area contributed by atoms with Crippen molar-refractivity contribution >= 4 is 17.5 Å². The molecule has 8 heteroatoms. The van der Waals surface area contributed by atoms with E-state index < -0.39 is 63.4 Å². The largest absolute Gasteiger partial charge is 0.481 e. The lowest BCUT2D eigenvalue weighted by Crippen LogP contribution is -2.61. The fourth-order valence-corrected chi connectivity index (χ4v) is 9.43. The first-order valence-corrected chi connectivity index (χ1v) is 14.0. The summed E-state index contributed by atoms with van der Waals surface area (Å²) in [5.74, 6) is -3.17. The number of allylic oxidation sites excluding steroid dienone is 1. The van der Waals surface area contributed by atoms with Gasteiger partial charge in [-0.25, -0.2) is 0 Å². The number of aliphatic carboxylic acids is 1. The first-order valence-electron chi connectivity index (χ1n) is 14.0. The number of hydrogen-bond donors (Lipinski definition) is 5. The second-order valence-electron chi connectivity index (χ2n) is 14.4. The molecule has 4 rings (SSSR count). The molecular weight excluding hydrogens is 488 g/mol. The summed E-state index contributed by atoms with van der Waals surface area (Å²) in [5.41, 5.74) is -3.41. The molecular formula is C30H46O8. The van der Waals surface area contributed by atoms with Crippen LogP contribution in [-0.4, -0.2) is 67.0 Å². The van der Waals surface area contributed by atoms with Crippen molar-refractivity contribution in [3.05, 3.63) is 11.1 Å². The third kappa shape index (κ3) is 3.88. The summed E-state index contributed by atoms with van der Waals surface area (Å²) < 4.78 is 0. The van der Waals surface area contributed by atoms with Crippen molar-refractivity contribution in [3.63, 3.8) is 0 Å². The van der Waals surface area contributed by atoms with E-state index in [4.69, 9.17) is 0 Å². The summed E-state index contributed by atoms with van der Waals surface area (Å²) in [6.07, 6.45) is -1.19. The number of hydrogen-bond acceptors (Lipinski definition) is 7. The van der Waals surface area contributed by atoms with Gasteiger partial charge in [0.25, 0.3) is 0 Å². The topological polar surface area (TPSA) is 152 Å². The van der Waals surface area contributed by atoms with Gasteiger partial charge in [-0.15, -0.1) is 0 Å². The lowest BCUT2D eigenvalue weighted by atomic mass is 9.42. The van der Waals surface area contributed by atoms with E-state index in [9.17, 15) is 39.9 Å².